The molecule has 1 heterocycles. The highest BCUT2D eigenvalue weighted by molar-refractivity contribution is 4.92. The fraction of sp³-hybridized carbons (Fsp3) is 1.00. The molecule has 3 atom stereocenters. The predicted molar refractivity (Wildman–Crippen MR) is 76.2 cm³/mol. The molecule has 0 aromatic carbocycles. The Kier molecular flexibility index (Phi) is 5.67. The molecule has 2 fully saturated rings. The highest BCUT2D eigenvalue weighted by Crippen LogP contribution is 2.42. The van der Waals surface area contributed by atoms with Crippen molar-refractivity contribution in [1.82, 2.24) is 0 Å². The van der Waals surface area contributed by atoms with Crippen LogP contribution in [-0.2, 0) is 9.47 Å². The molecule has 0 amide bonds. The zero-order valence-corrected chi connectivity index (χ0v) is 12.6. The van der Waals surface area contributed by atoms with Crippen molar-refractivity contribution >= 4 is 0 Å². The topological polar surface area (TPSA) is 38.7 Å². The van der Waals surface area contributed by atoms with Crippen LogP contribution in [0.15, 0.2) is 0 Å². The van der Waals surface area contributed by atoms with Gasteiger partial charge in [-0.1, -0.05) is 26.2 Å². The summed E-state index contributed by atoms with van der Waals surface area (Å²) in [5.41, 5.74) is 0.0760. The molecule has 1 spiro atoms. The molecular weight excluding hydrogens is 240 g/mol. The highest BCUT2D eigenvalue weighted by atomic mass is 16.5. The molecule has 3 heteroatoms. The molecule has 0 radical (unpaired) electrons. The number of hydrogen-bond acceptors (Lipinski definition) is 3. The van der Waals surface area contributed by atoms with Crippen LogP contribution >= 0.6 is 0 Å². The monoisotopic (exact) mass is 270 g/mol. The van der Waals surface area contributed by atoms with Crippen molar-refractivity contribution in [2.24, 2.45) is 5.92 Å². The first-order valence-corrected chi connectivity index (χ1v) is 8.14. The van der Waals surface area contributed by atoms with Gasteiger partial charge in [0, 0.05) is 13.2 Å². The number of aliphatic hydroxyl groups excluding tert-OH is 1. The summed E-state index contributed by atoms with van der Waals surface area (Å²) in [6.07, 6.45) is 8.83. The number of aliphatic hydroxyl groups is 1. The van der Waals surface area contributed by atoms with Crippen LogP contribution in [0.2, 0.25) is 0 Å². The fourth-order valence-electron chi connectivity index (χ4n) is 3.88. The maximum absolute atomic E-state index is 10.6. The first-order valence-electron chi connectivity index (χ1n) is 8.14. The minimum Gasteiger partial charge on any atom is -0.390 e. The molecule has 112 valence electrons. The summed E-state index contributed by atoms with van der Waals surface area (Å²) in [4.78, 5) is 0. The second kappa shape index (κ2) is 7.05. The Bertz CT molecular complexity index is 255. The van der Waals surface area contributed by atoms with Crippen LogP contribution in [0.3, 0.4) is 0 Å². The third-order valence-electron chi connectivity index (χ3n) is 4.94. The van der Waals surface area contributed by atoms with E-state index in [1.54, 1.807) is 0 Å². The van der Waals surface area contributed by atoms with E-state index in [1.165, 1.54) is 32.1 Å². The summed E-state index contributed by atoms with van der Waals surface area (Å²) in [6, 6.07) is 0. The lowest BCUT2D eigenvalue weighted by molar-refractivity contribution is -0.151. The molecule has 0 aromatic heterocycles. The van der Waals surface area contributed by atoms with Crippen molar-refractivity contribution < 1.29 is 14.6 Å². The van der Waals surface area contributed by atoms with E-state index >= 15 is 0 Å². The smallest absolute Gasteiger partial charge is 0.0833 e. The summed E-state index contributed by atoms with van der Waals surface area (Å²) < 4.78 is 11.8. The Labute approximate surface area is 117 Å². The summed E-state index contributed by atoms with van der Waals surface area (Å²) in [6.45, 7) is 5.59. The van der Waals surface area contributed by atoms with Crippen LogP contribution in [0.4, 0.5) is 0 Å². The molecule has 1 N–H and O–H groups in total. The van der Waals surface area contributed by atoms with Crippen LogP contribution < -0.4 is 0 Å². The van der Waals surface area contributed by atoms with Crippen molar-refractivity contribution in [3.05, 3.63) is 0 Å². The van der Waals surface area contributed by atoms with E-state index in [0.717, 1.165) is 25.9 Å². The first kappa shape index (κ1) is 15.3. The average Bonchev–Trinajstić information content (AvgIpc) is 2.45. The van der Waals surface area contributed by atoms with Gasteiger partial charge in [-0.25, -0.2) is 0 Å². The van der Waals surface area contributed by atoms with Gasteiger partial charge < -0.3 is 14.6 Å². The molecule has 3 unspecified atom stereocenters. The molecule has 1 saturated heterocycles. The van der Waals surface area contributed by atoms with Gasteiger partial charge in [-0.2, -0.15) is 0 Å². The lowest BCUT2D eigenvalue weighted by Gasteiger charge is -2.45. The van der Waals surface area contributed by atoms with E-state index in [0.29, 0.717) is 12.5 Å². The van der Waals surface area contributed by atoms with Gasteiger partial charge in [0.05, 0.1) is 17.8 Å². The Balaban J connectivity index is 1.95. The Morgan fingerprint density at radius 1 is 1.26 bits per heavy atom. The van der Waals surface area contributed by atoms with Crippen molar-refractivity contribution in [2.75, 3.05) is 13.2 Å². The molecule has 1 aliphatic heterocycles. The predicted octanol–water partition coefficient (Wildman–Crippen LogP) is 3.29. The third kappa shape index (κ3) is 3.71. The van der Waals surface area contributed by atoms with Gasteiger partial charge in [-0.05, 0) is 44.9 Å². The minimum atomic E-state index is -0.326. The SMILES string of the molecule is CCOC(CC)C(O)C1CCOC2(CCCCC2)C1. The number of hydrogen-bond donors (Lipinski definition) is 1. The molecule has 19 heavy (non-hydrogen) atoms. The van der Waals surface area contributed by atoms with Gasteiger partial charge in [-0.15, -0.1) is 0 Å². The fourth-order valence-corrected chi connectivity index (χ4v) is 3.88. The molecule has 1 saturated carbocycles. The number of rotatable bonds is 5. The van der Waals surface area contributed by atoms with E-state index in [-0.39, 0.29) is 17.8 Å². The molecule has 3 nitrogen and oxygen atoms in total. The Morgan fingerprint density at radius 2 is 2.00 bits per heavy atom. The largest absolute Gasteiger partial charge is 0.390 e. The quantitative estimate of drug-likeness (QED) is 0.833. The van der Waals surface area contributed by atoms with E-state index in [4.69, 9.17) is 9.47 Å². The van der Waals surface area contributed by atoms with Gasteiger partial charge >= 0.3 is 0 Å². The van der Waals surface area contributed by atoms with Gasteiger partial charge in [0.1, 0.15) is 0 Å². The van der Waals surface area contributed by atoms with Crippen LogP contribution in [0.25, 0.3) is 0 Å². The Morgan fingerprint density at radius 3 is 2.63 bits per heavy atom. The first-order chi connectivity index (χ1) is 9.21. The van der Waals surface area contributed by atoms with Crippen LogP contribution in [0.5, 0.6) is 0 Å². The average molecular weight is 270 g/mol. The number of ether oxygens (including phenoxy) is 2. The summed E-state index contributed by atoms with van der Waals surface area (Å²) in [7, 11) is 0. The maximum atomic E-state index is 10.6. The molecular formula is C16H30O3. The maximum Gasteiger partial charge on any atom is 0.0833 e. The normalized spacial score (nSPS) is 30.2. The Hall–Kier alpha value is -0.120. The van der Waals surface area contributed by atoms with Crippen LogP contribution in [0.1, 0.15) is 65.2 Å². The van der Waals surface area contributed by atoms with E-state index < -0.39 is 0 Å². The summed E-state index contributed by atoms with van der Waals surface area (Å²) in [5.74, 6) is 0.350. The van der Waals surface area contributed by atoms with Gasteiger partial charge in [-0.3, -0.25) is 0 Å². The van der Waals surface area contributed by atoms with Crippen LogP contribution in [-0.4, -0.2) is 36.1 Å². The highest BCUT2D eigenvalue weighted by Gasteiger charge is 2.41. The van der Waals surface area contributed by atoms with Crippen molar-refractivity contribution in [1.29, 1.82) is 0 Å². The second-order valence-corrected chi connectivity index (χ2v) is 6.24. The van der Waals surface area contributed by atoms with Crippen LogP contribution in [0, 0.1) is 5.92 Å². The summed E-state index contributed by atoms with van der Waals surface area (Å²) in [5, 5.41) is 10.6. The third-order valence-corrected chi connectivity index (χ3v) is 4.94. The second-order valence-electron chi connectivity index (χ2n) is 6.24. The summed E-state index contributed by atoms with van der Waals surface area (Å²) >= 11 is 0. The van der Waals surface area contributed by atoms with Crippen molar-refractivity contribution in [2.45, 2.75) is 83.0 Å². The molecule has 2 rings (SSSR count). The zero-order chi connectivity index (χ0) is 13.7. The van der Waals surface area contributed by atoms with Gasteiger partial charge in [0.15, 0.2) is 0 Å². The van der Waals surface area contributed by atoms with Crippen molar-refractivity contribution in [3.8, 4) is 0 Å². The molecule has 2 aliphatic rings. The van der Waals surface area contributed by atoms with Gasteiger partial charge in [0.25, 0.3) is 0 Å². The molecule has 0 bridgehead atoms. The molecule has 1 aliphatic carbocycles. The lowest BCUT2D eigenvalue weighted by Crippen LogP contribution is -2.47. The van der Waals surface area contributed by atoms with E-state index in [1.807, 2.05) is 6.92 Å². The van der Waals surface area contributed by atoms with Gasteiger partial charge in [0.2, 0.25) is 0 Å². The molecule has 0 aromatic rings. The zero-order valence-electron chi connectivity index (χ0n) is 12.6. The lowest BCUT2D eigenvalue weighted by atomic mass is 9.74. The van der Waals surface area contributed by atoms with Crippen molar-refractivity contribution in [3.63, 3.8) is 0 Å². The van der Waals surface area contributed by atoms with E-state index in [9.17, 15) is 5.11 Å². The standard InChI is InChI=1S/C16H30O3/c1-3-14(18-4-2)15(17)13-8-11-19-16(12-13)9-6-5-7-10-16/h13-15,17H,3-12H2,1-2H3. The van der Waals surface area contributed by atoms with E-state index in [2.05, 4.69) is 6.92 Å². The minimum absolute atomic E-state index is 0.00580.